The Morgan fingerprint density at radius 2 is 2.00 bits per heavy atom. The highest BCUT2D eigenvalue weighted by molar-refractivity contribution is 5.88. The summed E-state index contributed by atoms with van der Waals surface area (Å²) in [5, 5.41) is 7.37. The largest absolute Gasteiger partial charge is 0.329 e. The lowest BCUT2D eigenvalue weighted by Gasteiger charge is -2.19. The number of amides is 2. The first-order chi connectivity index (χ1) is 12.9. The van der Waals surface area contributed by atoms with Crippen molar-refractivity contribution < 1.29 is 4.79 Å². The number of anilines is 1. The van der Waals surface area contributed by atoms with Crippen LogP contribution in [0.2, 0.25) is 0 Å². The molecule has 0 saturated carbocycles. The maximum Gasteiger partial charge on any atom is 0.323 e. The maximum atomic E-state index is 12.6. The van der Waals surface area contributed by atoms with Crippen molar-refractivity contribution in [2.24, 2.45) is 0 Å². The van der Waals surface area contributed by atoms with Crippen LogP contribution >= 0.6 is 0 Å². The van der Waals surface area contributed by atoms with Gasteiger partial charge < -0.3 is 9.47 Å². The van der Waals surface area contributed by atoms with Crippen molar-refractivity contribution in [3.63, 3.8) is 0 Å². The topological polar surface area (TPSA) is 68.0 Å². The van der Waals surface area contributed by atoms with E-state index in [2.05, 4.69) is 32.1 Å². The fourth-order valence-electron chi connectivity index (χ4n) is 2.91. The number of hydrogen-bond donors (Lipinski definition) is 1. The predicted molar refractivity (Wildman–Crippen MR) is 106 cm³/mol. The molecule has 0 aliphatic rings. The molecule has 1 aromatic carbocycles. The van der Waals surface area contributed by atoms with Crippen molar-refractivity contribution in [2.45, 2.75) is 39.9 Å². The third kappa shape index (κ3) is 4.55. The quantitative estimate of drug-likeness (QED) is 0.723. The lowest BCUT2D eigenvalue weighted by atomic mass is 10.2. The van der Waals surface area contributed by atoms with Crippen LogP contribution in [0.4, 0.5) is 10.6 Å². The van der Waals surface area contributed by atoms with Crippen molar-refractivity contribution in [1.82, 2.24) is 24.2 Å². The van der Waals surface area contributed by atoms with Crippen molar-refractivity contribution in [3.05, 3.63) is 65.9 Å². The number of nitrogens with zero attached hydrogens (tertiary/aromatic N) is 5. The van der Waals surface area contributed by atoms with Gasteiger partial charge in [0.05, 0.1) is 12.2 Å². The molecule has 2 amide bonds. The maximum absolute atomic E-state index is 12.6. The predicted octanol–water partition coefficient (Wildman–Crippen LogP) is 3.68. The molecule has 2 aromatic heterocycles. The Kier molecular flexibility index (Phi) is 5.59. The Morgan fingerprint density at radius 1 is 1.26 bits per heavy atom. The highest BCUT2D eigenvalue weighted by Gasteiger charge is 2.16. The van der Waals surface area contributed by atoms with Crippen LogP contribution in [0.5, 0.6) is 0 Å². The lowest BCUT2D eigenvalue weighted by molar-refractivity contribution is 0.218. The van der Waals surface area contributed by atoms with Gasteiger partial charge >= 0.3 is 6.03 Å². The van der Waals surface area contributed by atoms with E-state index in [1.807, 2.05) is 55.9 Å². The molecule has 0 saturated heterocycles. The average molecular weight is 366 g/mol. The molecule has 1 N–H and O–H groups in total. The van der Waals surface area contributed by atoms with Gasteiger partial charge in [0.1, 0.15) is 11.6 Å². The number of urea groups is 1. The Bertz CT molecular complexity index is 896. The smallest absolute Gasteiger partial charge is 0.323 e. The average Bonchev–Trinajstić information content (AvgIpc) is 3.22. The van der Waals surface area contributed by atoms with Crippen LogP contribution in [-0.2, 0) is 13.1 Å². The normalized spacial score (nSPS) is 11.0. The Morgan fingerprint density at radius 3 is 2.70 bits per heavy atom. The first-order valence-corrected chi connectivity index (χ1v) is 9.06. The van der Waals surface area contributed by atoms with E-state index in [0.29, 0.717) is 12.4 Å². The lowest BCUT2D eigenvalue weighted by Crippen LogP contribution is -2.32. The van der Waals surface area contributed by atoms with Crippen LogP contribution in [0, 0.1) is 6.92 Å². The van der Waals surface area contributed by atoms with Crippen molar-refractivity contribution in [1.29, 1.82) is 0 Å². The number of aromatic nitrogens is 4. The zero-order valence-corrected chi connectivity index (χ0v) is 16.3. The fourth-order valence-corrected chi connectivity index (χ4v) is 2.91. The molecular formula is C20H26N6O. The number of imidazole rings is 1. The first kappa shape index (κ1) is 18.7. The number of hydrogen-bond acceptors (Lipinski definition) is 3. The Hall–Kier alpha value is -3.09. The Labute approximate surface area is 159 Å². The summed E-state index contributed by atoms with van der Waals surface area (Å²) in [5.74, 6) is 1.54. The molecule has 142 valence electrons. The van der Waals surface area contributed by atoms with Crippen LogP contribution in [0.1, 0.15) is 37.0 Å². The minimum atomic E-state index is -0.189. The van der Waals surface area contributed by atoms with Crippen molar-refractivity contribution >= 4 is 11.8 Å². The van der Waals surface area contributed by atoms with Gasteiger partial charge in [-0.1, -0.05) is 30.3 Å². The summed E-state index contributed by atoms with van der Waals surface area (Å²) >= 11 is 0. The molecule has 3 aromatic rings. The summed E-state index contributed by atoms with van der Waals surface area (Å²) in [4.78, 5) is 18.7. The molecule has 0 aliphatic carbocycles. The number of rotatable bonds is 6. The molecule has 0 bridgehead atoms. The number of nitrogens with one attached hydrogen (secondary N) is 1. The number of carbonyl (C=O) groups is 1. The summed E-state index contributed by atoms with van der Waals surface area (Å²) in [6.07, 6.45) is 3.70. The van der Waals surface area contributed by atoms with E-state index < -0.39 is 0 Å². The third-order valence-electron chi connectivity index (χ3n) is 4.30. The standard InChI is InChI=1S/C20H26N6O/c1-15(2)26-18(12-16(3)23-26)22-20(27)24(4)14-19-21-10-11-25(19)13-17-8-6-5-7-9-17/h5-12,15H,13-14H2,1-4H3,(H,22,27). The second-order valence-electron chi connectivity index (χ2n) is 6.95. The molecule has 3 rings (SSSR count). The minimum Gasteiger partial charge on any atom is -0.329 e. The molecule has 0 fully saturated rings. The van der Waals surface area contributed by atoms with E-state index in [-0.39, 0.29) is 12.1 Å². The van der Waals surface area contributed by atoms with E-state index >= 15 is 0 Å². The number of carbonyl (C=O) groups excluding carboxylic acids is 1. The van der Waals surface area contributed by atoms with Gasteiger partial charge in [0.15, 0.2) is 0 Å². The molecule has 7 heteroatoms. The minimum absolute atomic E-state index is 0.170. The molecule has 2 heterocycles. The van der Waals surface area contributed by atoms with E-state index in [0.717, 1.165) is 18.1 Å². The van der Waals surface area contributed by atoms with Crippen LogP contribution in [0.25, 0.3) is 0 Å². The number of benzene rings is 1. The van der Waals surface area contributed by atoms with Gasteiger partial charge in [-0.25, -0.2) is 14.5 Å². The van der Waals surface area contributed by atoms with Crippen LogP contribution in [0.3, 0.4) is 0 Å². The molecule has 0 aliphatic heterocycles. The molecule has 0 spiro atoms. The summed E-state index contributed by atoms with van der Waals surface area (Å²) in [5.41, 5.74) is 2.07. The highest BCUT2D eigenvalue weighted by atomic mass is 16.2. The van der Waals surface area contributed by atoms with Gasteiger partial charge in [0.25, 0.3) is 0 Å². The monoisotopic (exact) mass is 366 g/mol. The second-order valence-corrected chi connectivity index (χ2v) is 6.95. The second kappa shape index (κ2) is 8.07. The summed E-state index contributed by atoms with van der Waals surface area (Å²) in [6, 6.07) is 12.1. The van der Waals surface area contributed by atoms with Gasteiger partial charge in [-0.2, -0.15) is 5.10 Å². The first-order valence-electron chi connectivity index (χ1n) is 9.06. The Balaban J connectivity index is 1.67. The summed E-state index contributed by atoms with van der Waals surface area (Å²) in [6.45, 7) is 7.13. The molecule has 27 heavy (non-hydrogen) atoms. The molecule has 0 radical (unpaired) electrons. The van der Waals surface area contributed by atoms with E-state index in [4.69, 9.17) is 0 Å². The molecule has 0 unspecified atom stereocenters. The van der Waals surface area contributed by atoms with Gasteiger partial charge in [-0.05, 0) is 26.3 Å². The molecule has 7 nitrogen and oxygen atoms in total. The van der Waals surface area contributed by atoms with Gasteiger partial charge in [0.2, 0.25) is 0 Å². The van der Waals surface area contributed by atoms with Crippen LogP contribution in [0.15, 0.2) is 48.8 Å². The zero-order valence-electron chi connectivity index (χ0n) is 16.3. The van der Waals surface area contributed by atoms with E-state index in [1.54, 1.807) is 18.1 Å². The van der Waals surface area contributed by atoms with Crippen LogP contribution < -0.4 is 5.32 Å². The number of aryl methyl sites for hydroxylation is 1. The van der Waals surface area contributed by atoms with Gasteiger partial charge in [0, 0.05) is 38.1 Å². The van der Waals surface area contributed by atoms with Gasteiger partial charge in [-0.3, -0.25) is 5.32 Å². The third-order valence-corrected chi connectivity index (χ3v) is 4.30. The summed E-state index contributed by atoms with van der Waals surface area (Å²) < 4.78 is 3.87. The van der Waals surface area contributed by atoms with E-state index in [9.17, 15) is 4.79 Å². The SMILES string of the molecule is Cc1cc(NC(=O)N(C)Cc2nccn2Cc2ccccc2)n(C(C)C)n1. The van der Waals surface area contributed by atoms with Crippen LogP contribution in [-0.4, -0.2) is 37.3 Å². The van der Waals surface area contributed by atoms with Crippen molar-refractivity contribution in [2.75, 3.05) is 12.4 Å². The van der Waals surface area contributed by atoms with E-state index in [1.165, 1.54) is 5.56 Å². The van der Waals surface area contributed by atoms with Crippen molar-refractivity contribution in [3.8, 4) is 0 Å². The van der Waals surface area contributed by atoms with Gasteiger partial charge in [-0.15, -0.1) is 0 Å². The molecular weight excluding hydrogens is 340 g/mol. The fraction of sp³-hybridized carbons (Fsp3) is 0.350. The highest BCUT2D eigenvalue weighted by Crippen LogP contribution is 2.17. The zero-order chi connectivity index (χ0) is 19.4. The molecule has 0 atom stereocenters. The summed E-state index contributed by atoms with van der Waals surface area (Å²) in [7, 11) is 1.76.